The van der Waals surface area contributed by atoms with Crippen LogP contribution in [0.1, 0.15) is 16.7 Å². The smallest absolute Gasteiger partial charge is 0.268 e. The molecule has 3 aromatic carbocycles. The predicted molar refractivity (Wildman–Crippen MR) is 130 cm³/mol. The first kappa shape index (κ1) is 22.7. The number of carbonyl (C=O) groups excluding carboxylic acids is 1. The van der Waals surface area contributed by atoms with Crippen LogP contribution < -0.4 is 14.4 Å². The van der Waals surface area contributed by atoms with E-state index in [0.29, 0.717) is 39.2 Å². The summed E-state index contributed by atoms with van der Waals surface area (Å²) in [6.45, 7) is 0.720. The average Bonchev–Trinajstić information content (AvgIpc) is 3.26. The summed E-state index contributed by atoms with van der Waals surface area (Å²) in [6, 6.07) is 20.2. The van der Waals surface area contributed by atoms with E-state index in [-0.39, 0.29) is 18.1 Å². The first-order valence-corrected chi connectivity index (χ1v) is 11.0. The van der Waals surface area contributed by atoms with Crippen LogP contribution in [-0.4, -0.2) is 19.6 Å². The fraction of sp³-hybridized carbons (Fsp3) is 0.154. The van der Waals surface area contributed by atoms with Crippen LogP contribution in [0.2, 0.25) is 10.0 Å². The first-order valence-electron chi connectivity index (χ1n) is 10.3. The summed E-state index contributed by atoms with van der Waals surface area (Å²) in [7, 11) is 1.52. The van der Waals surface area contributed by atoms with Crippen molar-refractivity contribution < 1.29 is 14.3 Å². The largest absolute Gasteiger partial charge is 0.493 e. The number of methoxy groups -OCH3 is 1. The summed E-state index contributed by atoms with van der Waals surface area (Å²) in [5, 5.41) is 10.7. The standard InChI is InChI=1S/C26H20Cl2N2O3/c1-32-25-14-17(9-10-24(25)33-16-20-21(27)6-4-7-22(20)28)13-19(15-29)26(31)30-12-11-18-5-2-3-8-23(18)30/h2-10,13-14H,11-12,16H2,1H3. The maximum atomic E-state index is 13.0. The Morgan fingerprint density at radius 3 is 2.58 bits per heavy atom. The van der Waals surface area contributed by atoms with Gasteiger partial charge < -0.3 is 14.4 Å². The van der Waals surface area contributed by atoms with E-state index in [0.717, 1.165) is 17.7 Å². The Morgan fingerprint density at radius 2 is 1.85 bits per heavy atom. The molecule has 0 radical (unpaired) electrons. The lowest BCUT2D eigenvalue weighted by Crippen LogP contribution is -2.29. The Labute approximate surface area is 202 Å². The zero-order valence-electron chi connectivity index (χ0n) is 17.8. The summed E-state index contributed by atoms with van der Waals surface area (Å²) < 4.78 is 11.3. The summed E-state index contributed by atoms with van der Waals surface area (Å²) in [5.74, 6) is 0.627. The number of fused-ring (bicyclic) bond motifs is 1. The van der Waals surface area contributed by atoms with Crippen molar-refractivity contribution in [2.75, 3.05) is 18.6 Å². The van der Waals surface area contributed by atoms with Gasteiger partial charge in [-0.2, -0.15) is 5.26 Å². The maximum Gasteiger partial charge on any atom is 0.268 e. The molecule has 0 spiro atoms. The lowest BCUT2D eigenvalue weighted by molar-refractivity contribution is -0.114. The number of hydrogen-bond donors (Lipinski definition) is 0. The number of nitriles is 1. The number of carbonyl (C=O) groups is 1. The van der Waals surface area contributed by atoms with Gasteiger partial charge in [-0.1, -0.05) is 53.5 Å². The Bertz CT molecular complexity index is 1260. The molecule has 1 heterocycles. The van der Waals surface area contributed by atoms with Gasteiger partial charge in [0.15, 0.2) is 11.5 Å². The highest BCUT2D eigenvalue weighted by Gasteiger charge is 2.26. The highest BCUT2D eigenvalue weighted by Crippen LogP contribution is 2.33. The van der Waals surface area contributed by atoms with Gasteiger partial charge in [0, 0.05) is 27.8 Å². The third-order valence-corrected chi connectivity index (χ3v) is 6.12. The van der Waals surface area contributed by atoms with E-state index in [1.807, 2.05) is 30.3 Å². The minimum atomic E-state index is -0.324. The second-order valence-electron chi connectivity index (χ2n) is 7.40. The normalized spacial score (nSPS) is 12.8. The number of nitrogens with zero attached hydrogens (tertiary/aromatic N) is 2. The van der Waals surface area contributed by atoms with Gasteiger partial charge in [-0.15, -0.1) is 0 Å². The third kappa shape index (κ3) is 4.83. The summed E-state index contributed by atoms with van der Waals surface area (Å²) in [5.41, 5.74) is 3.32. The average molecular weight is 479 g/mol. The summed E-state index contributed by atoms with van der Waals surface area (Å²) >= 11 is 12.4. The lowest BCUT2D eigenvalue weighted by Gasteiger charge is -2.17. The van der Waals surface area contributed by atoms with Crippen molar-refractivity contribution in [2.24, 2.45) is 0 Å². The van der Waals surface area contributed by atoms with Gasteiger partial charge in [-0.3, -0.25) is 4.79 Å². The molecule has 33 heavy (non-hydrogen) atoms. The van der Waals surface area contributed by atoms with Crippen LogP contribution in [0.5, 0.6) is 11.5 Å². The van der Waals surface area contributed by atoms with Crippen LogP contribution in [0.4, 0.5) is 5.69 Å². The van der Waals surface area contributed by atoms with Crippen molar-refractivity contribution in [3.05, 3.63) is 93.0 Å². The fourth-order valence-electron chi connectivity index (χ4n) is 3.72. The number of benzene rings is 3. The molecule has 1 aliphatic heterocycles. The monoisotopic (exact) mass is 478 g/mol. The van der Waals surface area contributed by atoms with E-state index < -0.39 is 0 Å². The van der Waals surface area contributed by atoms with Crippen LogP contribution in [0, 0.1) is 11.3 Å². The van der Waals surface area contributed by atoms with Crippen molar-refractivity contribution in [1.29, 1.82) is 5.26 Å². The molecule has 166 valence electrons. The molecule has 0 N–H and O–H groups in total. The van der Waals surface area contributed by atoms with Crippen LogP contribution in [0.15, 0.2) is 66.2 Å². The zero-order valence-corrected chi connectivity index (χ0v) is 19.4. The topological polar surface area (TPSA) is 62.6 Å². The maximum absolute atomic E-state index is 13.0. The van der Waals surface area contributed by atoms with Crippen molar-refractivity contribution >= 4 is 40.9 Å². The van der Waals surface area contributed by atoms with Gasteiger partial charge in [0.1, 0.15) is 18.2 Å². The van der Waals surface area contributed by atoms with Gasteiger partial charge in [0.2, 0.25) is 0 Å². The van der Waals surface area contributed by atoms with Gasteiger partial charge >= 0.3 is 0 Å². The number of anilines is 1. The lowest BCUT2D eigenvalue weighted by atomic mass is 10.1. The van der Waals surface area contributed by atoms with E-state index in [1.165, 1.54) is 7.11 Å². The quantitative estimate of drug-likeness (QED) is 0.318. The molecule has 0 bridgehead atoms. The van der Waals surface area contributed by atoms with Crippen molar-refractivity contribution in [3.8, 4) is 17.6 Å². The Balaban J connectivity index is 1.55. The van der Waals surface area contributed by atoms with E-state index >= 15 is 0 Å². The number of para-hydroxylation sites is 1. The van der Waals surface area contributed by atoms with Gasteiger partial charge in [0.25, 0.3) is 5.91 Å². The molecule has 0 fully saturated rings. The van der Waals surface area contributed by atoms with Crippen LogP contribution in [-0.2, 0) is 17.8 Å². The van der Waals surface area contributed by atoms with Gasteiger partial charge in [-0.05, 0) is 54.0 Å². The molecule has 0 unspecified atom stereocenters. The second kappa shape index (κ2) is 9.99. The third-order valence-electron chi connectivity index (χ3n) is 5.42. The summed E-state index contributed by atoms with van der Waals surface area (Å²) in [4.78, 5) is 14.7. The molecular formula is C26H20Cl2N2O3. The Hall–Kier alpha value is -3.46. The molecule has 1 amide bonds. The molecule has 0 aromatic heterocycles. The zero-order chi connectivity index (χ0) is 23.4. The van der Waals surface area contributed by atoms with Crippen molar-refractivity contribution in [2.45, 2.75) is 13.0 Å². The van der Waals surface area contributed by atoms with Crippen LogP contribution in [0.25, 0.3) is 6.08 Å². The SMILES string of the molecule is COc1cc(C=C(C#N)C(=O)N2CCc3ccccc32)ccc1OCc1c(Cl)cccc1Cl. The molecule has 0 saturated carbocycles. The molecule has 3 aromatic rings. The number of halogens is 2. The molecule has 0 atom stereocenters. The van der Waals surface area contributed by atoms with Crippen LogP contribution >= 0.6 is 23.2 Å². The highest BCUT2D eigenvalue weighted by molar-refractivity contribution is 6.35. The number of ether oxygens (including phenoxy) is 2. The van der Waals surface area contributed by atoms with Crippen LogP contribution in [0.3, 0.4) is 0 Å². The predicted octanol–water partition coefficient (Wildman–Crippen LogP) is 6.08. The van der Waals surface area contributed by atoms with E-state index in [1.54, 1.807) is 47.4 Å². The molecule has 7 heteroatoms. The Morgan fingerprint density at radius 1 is 1.09 bits per heavy atom. The number of hydrogen-bond acceptors (Lipinski definition) is 4. The Kier molecular flexibility index (Phi) is 6.88. The minimum absolute atomic E-state index is 0.0465. The second-order valence-corrected chi connectivity index (χ2v) is 8.22. The molecule has 4 rings (SSSR count). The molecule has 5 nitrogen and oxygen atoms in total. The number of rotatable bonds is 6. The first-order chi connectivity index (χ1) is 16.0. The van der Waals surface area contributed by atoms with E-state index in [2.05, 4.69) is 0 Å². The van der Waals surface area contributed by atoms with Gasteiger partial charge in [-0.25, -0.2) is 0 Å². The van der Waals surface area contributed by atoms with Crippen molar-refractivity contribution in [3.63, 3.8) is 0 Å². The highest BCUT2D eigenvalue weighted by atomic mass is 35.5. The molecule has 1 aliphatic rings. The fourth-order valence-corrected chi connectivity index (χ4v) is 4.22. The molecule has 0 saturated heterocycles. The molecular weight excluding hydrogens is 459 g/mol. The minimum Gasteiger partial charge on any atom is -0.493 e. The van der Waals surface area contributed by atoms with Crippen molar-refractivity contribution in [1.82, 2.24) is 0 Å². The molecule has 0 aliphatic carbocycles. The number of amides is 1. The van der Waals surface area contributed by atoms with E-state index in [4.69, 9.17) is 32.7 Å². The van der Waals surface area contributed by atoms with E-state index in [9.17, 15) is 10.1 Å². The van der Waals surface area contributed by atoms with Gasteiger partial charge in [0.05, 0.1) is 7.11 Å². The summed E-state index contributed by atoms with van der Waals surface area (Å²) in [6.07, 6.45) is 2.33.